The van der Waals surface area contributed by atoms with Crippen molar-refractivity contribution >= 4 is 52.4 Å². The quantitative estimate of drug-likeness (QED) is 0.672. The molecule has 0 unspecified atom stereocenters. The van der Waals surface area contributed by atoms with E-state index in [1.807, 2.05) is 0 Å². The summed E-state index contributed by atoms with van der Waals surface area (Å²) in [6.07, 6.45) is 0. The molecule has 3 amide bonds. The van der Waals surface area contributed by atoms with Crippen LogP contribution in [0.15, 0.2) is 53.7 Å². The summed E-state index contributed by atoms with van der Waals surface area (Å²) in [6, 6.07) is 10.8. The number of para-hydroxylation sites is 1. The highest BCUT2D eigenvalue weighted by molar-refractivity contribution is 6.42. The Bertz CT molecular complexity index is 928. The normalized spacial score (nSPS) is 16.8. The molecule has 3 rings (SSSR count). The fourth-order valence-corrected chi connectivity index (χ4v) is 3.18. The van der Waals surface area contributed by atoms with Gasteiger partial charge in [-0.2, -0.15) is 0 Å². The maximum absolute atomic E-state index is 12.9. The lowest BCUT2D eigenvalue weighted by atomic mass is 9.95. The lowest BCUT2D eigenvalue weighted by Crippen LogP contribution is -2.46. The van der Waals surface area contributed by atoms with Gasteiger partial charge in [0.1, 0.15) is 0 Å². The van der Waals surface area contributed by atoms with Gasteiger partial charge in [0.2, 0.25) is 0 Å². The predicted octanol–water partition coefficient (Wildman–Crippen LogP) is 4.91. The summed E-state index contributed by atoms with van der Waals surface area (Å²) in [6.45, 7) is 1.66. The van der Waals surface area contributed by atoms with Gasteiger partial charge in [0.25, 0.3) is 5.91 Å². The number of rotatable bonds is 3. The van der Waals surface area contributed by atoms with Crippen LogP contribution in [0.1, 0.15) is 18.5 Å². The maximum atomic E-state index is 12.9. The van der Waals surface area contributed by atoms with Crippen LogP contribution in [-0.4, -0.2) is 11.9 Å². The zero-order valence-electron chi connectivity index (χ0n) is 13.6. The molecule has 1 atom stereocenters. The third-order valence-electron chi connectivity index (χ3n) is 3.91. The highest BCUT2D eigenvalue weighted by Gasteiger charge is 2.31. The SMILES string of the molecule is CC1=C(C(=O)Nc2ccccc2Cl)[C@@H](c2ccc(Cl)c(Cl)c2)NC(=O)N1. The molecule has 0 bridgehead atoms. The highest BCUT2D eigenvalue weighted by atomic mass is 35.5. The summed E-state index contributed by atoms with van der Waals surface area (Å²) in [7, 11) is 0. The van der Waals surface area contributed by atoms with Crippen LogP contribution in [0.25, 0.3) is 0 Å². The van der Waals surface area contributed by atoms with Crippen molar-refractivity contribution in [2.75, 3.05) is 5.32 Å². The lowest BCUT2D eigenvalue weighted by molar-refractivity contribution is -0.113. The van der Waals surface area contributed by atoms with Crippen molar-refractivity contribution in [2.45, 2.75) is 13.0 Å². The molecule has 134 valence electrons. The molecule has 0 radical (unpaired) electrons. The van der Waals surface area contributed by atoms with E-state index in [4.69, 9.17) is 34.8 Å². The zero-order valence-corrected chi connectivity index (χ0v) is 15.8. The van der Waals surface area contributed by atoms with Crippen LogP contribution in [0.2, 0.25) is 15.1 Å². The molecule has 0 fully saturated rings. The number of nitrogens with one attached hydrogen (secondary N) is 3. The molecule has 0 aromatic heterocycles. The van der Waals surface area contributed by atoms with Crippen molar-refractivity contribution in [3.05, 3.63) is 74.4 Å². The van der Waals surface area contributed by atoms with Crippen molar-refractivity contribution in [1.82, 2.24) is 10.6 Å². The first-order chi connectivity index (χ1) is 12.4. The number of hydrogen-bond donors (Lipinski definition) is 3. The van der Waals surface area contributed by atoms with E-state index >= 15 is 0 Å². The van der Waals surface area contributed by atoms with Crippen LogP contribution >= 0.6 is 34.8 Å². The molecule has 5 nitrogen and oxygen atoms in total. The molecule has 0 aliphatic carbocycles. The Labute approximate surface area is 165 Å². The van der Waals surface area contributed by atoms with Crippen LogP contribution in [0.3, 0.4) is 0 Å². The second-order valence-corrected chi connectivity index (χ2v) is 6.90. The van der Waals surface area contributed by atoms with E-state index in [-0.39, 0.29) is 5.91 Å². The molecular weight excluding hydrogens is 397 g/mol. The Morgan fingerprint density at radius 1 is 1.04 bits per heavy atom. The summed E-state index contributed by atoms with van der Waals surface area (Å²) in [5, 5.41) is 9.26. The molecule has 26 heavy (non-hydrogen) atoms. The molecular formula is C18H14Cl3N3O2. The van der Waals surface area contributed by atoms with E-state index in [1.165, 1.54) is 0 Å². The Morgan fingerprint density at radius 3 is 2.46 bits per heavy atom. The predicted molar refractivity (Wildman–Crippen MR) is 104 cm³/mol. The van der Waals surface area contributed by atoms with Crippen molar-refractivity contribution in [1.29, 1.82) is 0 Å². The van der Waals surface area contributed by atoms with E-state index in [2.05, 4.69) is 16.0 Å². The molecule has 1 aliphatic heterocycles. The average molecular weight is 411 g/mol. The number of anilines is 1. The topological polar surface area (TPSA) is 70.2 Å². The third kappa shape index (κ3) is 3.80. The van der Waals surface area contributed by atoms with Gasteiger partial charge >= 0.3 is 6.03 Å². The molecule has 8 heteroatoms. The number of allylic oxidation sites excluding steroid dienone is 1. The minimum Gasteiger partial charge on any atom is -0.327 e. The number of benzene rings is 2. The lowest BCUT2D eigenvalue weighted by Gasteiger charge is -2.29. The number of carbonyl (C=O) groups excluding carboxylic acids is 2. The summed E-state index contributed by atoms with van der Waals surface area (Å²) >= 11 is 18.2. The van der Waals surface area contributed by atoms with Crippen LogP contribution in [0.5, 0.6) is 0 Å². The molecule has 2 aromatic carbocycles. The molecule has 0 spiro atoms. The fraction of sp³-hybridized carbons (Fsp3) is 0.111. The Morgan fingerprint density at radius 2 is 1.77 bits per heavy atom. The fourth-order valence-electron chi connectivity index (χ4n) is 2.69. The van der Waals surface area contributed by atoms with Crippen LogP contribution in [0, 0.1) is 0 Å². The van der Waals surface area contributed by atoms with Gasteiger partial charge in [0.15, 0.2) is 0 Å². The standard InChI is InChI=1S/C18H14Cl3N3O2/c1-9-15(17(25)23-14-5-3-2-4-12(14)20)16(24-18(26)22-9)10-6-7-11(19)13(21)8-10/h2-8,16H,1H3,(H,23,25)(H2,22,24,26)/t16-/m1/s1. The van der Waals surface area contributed by atoms with Crippen molar-refractivity contribution in [3.63, 3.8) is 0 Å². The first kappa shape index (κ1) is 18.6. The summed E-state index contributed by atoms with van der Waals surface area (Å²) in [5.41, 5.74) is 1.90. The first-order valence-electron chi connectivity index (χ1n) is 7.66. The summed E-state index contributed by atoms with van der Waals surface area (Å²) in [5.74, 6) is -0.390. The monoisotopic (exact) mass is 409 g/mol. The van der Waals surface area contributed by atoms with Gasteiger partial charge in [0, 0.05) is 5.70 Å². The Kier molecular flexibility index (Phi) is 5.41. The van der Waals surface area contributed by atoms with E-state index in [9.17, 15) is 9.59 Å². The van der Waals surface area contributed by atoms with Gasteiger partial charge in [-0.25, -0.2) is 4.79 Å². The largest absolute Gasteiger partial charge is 0.327 e. The van der Waals surface area contributed by atoms with E-state index < -0.39 is 12.1 Å². The highest BCUT2D eigenvalue weighted by Crippen LogP contribution is 2.32. The van der Waals surface area contributed by atoms with Gasteiger partial charge in [-0.15, -0.1) is 0 Å². The van der Waals surface area contributed by atoms with Crippen LogP contribution in [-0.2, 0) is 4.79 Å². The van der Waals surface area contributed by atoms with Gasteiger partial charge in [-0.05, 0) is 36.8 Å². The summed E-state index contributed by atoms with van der Waals surface area (Å²) in [4.78, 5) is 24.8. The first-order valence-corrected chi connectivity index (χ1v) is 8.79. The Balaban J connectivity index is 1.99. The third-order valence-corrected chi connectivity index (χ3v) is 4.98. The molecule has 0 saturated heterocycles. The second-order valence-electron chi connectivity index (χ2n) is 5.68. The number of urea groups is 1. The molecule has 0 saturated carbocycles. The summed E-state index contributed by atoms with van der Waals surface area (Å²) < 4.78 is 0. The van der Waals surface area contributed by atoms with Crippen LogP contribution < -0.4 is 16.0 Å². The van der Waals surface area contributed by atoms with Crippen molar-refractivity contribution in [2.24, 2.45) is 0 Å². The Hall–Kier alpha value is -2.21. The van der Waals surface area contributed by atoms with E-state index in [0.717, 1.165) is 0 Å². The molecule has 1 aliphatic rings. The van der Waals surface area contributed by atoms with E-state index in [1.54, 1.807) is 49.4 Å². The number of hydrogen-bond acceptors (Lipinski definition) is 2. The van der Waals surface area contributed by atoms with E-state index in [0.29, 0.717) is 37.6 Å². The van der Waals surface area contributed by atoms with Crippen molar-refractivity contribution < 1.29 is 9.59 Å². The van der Waals surface area contributed by atoms with Crippen LogP contribution in [0.4, 0.5) is 10.5 Å². The van der Waals surface area contributed by atoms with Gasteiger partial charge in [0.05, 0.1) is 32.4 Å². The second kappa shape index (κ2) is 7.58. The number of carbonyl (C=O) groups is 2. The molecule has 1 heterocycles. The average Bonchev–Trinajstić information content (AvgIpc) is 2.58. The van der Waals surface area contributed by atoms with Gasteiger partial charge in [-0.3, -0.25) is 4.79 Å². The van der Waals surface area contributed by atoms with Crippen molar-refractivity contribution in [3.8, 4) is 0 Å². The minimum atomic E-state index is -0.680. The zero-order chi connectivity index (χ0) is 18.8. The van der Waals surface area contributed by atoms with Gasteiger partial charge in [-0.1, -0.05) is 53.0 Å². The smallest absolute Gasteiger partial charge is 0.319 e. The number of halogens is 3. The minimum absolute atomic E-state index is 0.334. The molecule has 3 N–H and O–H groups in total. The van der Waals surface area contributed by atoms with Gasteiger partial charge < -0.3 is 16.0 Å². The maximum Gasteiger partial charge on any atom is 0.319 e. The number of amides is 3. The molecule has 2 aromatic rings.